The summed E-state index contributed by atoms with van der Waals surface area (Å²) in [6, 6.07) is 2.05. The van der Waals surface area contributed by atoms with Gasteiger partial charge in [-0.2, -0.15) is 0 Å². The number of aromatic hydroxyl groups is 3. The fourth-order valence-electron chi connectivity index (χ4n) is 1.28. The van der Waals surface area contributed by atoms with Crippen molar-refractivity contribution >= 4 is 5.97 Å². The lowest BCUT2D eigenvalue weighted by Crippen LogP contribution is -2.04. The molecule has 0 unspecified atom stereocenters. The lowest BCUT2D eigenvalue weighted by molar-refractivity contribution is 0.0548. The van der Waals surface area contributed by atoms with Crippen molar-refractivity contribution in [2.24, 2.45) is 0 Å². The number of allylic oxidation sites excluding steroid dienone is 3. The number of benzene rings is 1. The molecule has 1 aromatic rings. The van der Waals surface area contributed by atoms with Gasteiger partial charge in [0.05, 0.1) is 5.56 Å². The van der Waals surface area contributed by atoms with Crippen LogP contribution in [0.25, 0.3) is 0 Å². The number of phenols is 3. The molecule has 0 saturated carbocycles. The Morgan fingerprint density at radius 3 is 2.32 bits per heavy atom. The summed E-state index contributed by atoms with van der Waals surface area (Å²) in [5.74, 6) is -2.52. The van der Waals surface area contributed by atoms with Crippen molar-refractivity contribution in [2.75, 3.05) is 6.61 Å². The molecule has 5 heteroatoms. The van der Waals surface area contributed by atoms with Gasteiger partial charge >= 0.3 is 5.97 Å². The zero-order valence-corrected chi connectivity index (χ0v) is 10.5. The van der Waals surface area contributed by atoms with Crippen LogP contribution in [-0.2, 0) is 4.74 Å². The van der Waals surface area contributed by atoms with E-state index in [1.807, 2.05) is 19.1 Å². The molecule has 5 nitrogen and oxygen atoms in total. The molecule has 0 aliphatic heterocycles. The Kier molecular flexibility index (Phi) is 5.47. The van der Waals surface area contributed by atoms with E-state index in [4.69, 9.17) is 9.84 Å². The molecule has 3 N–H and O–H groups in total. The van der Waals surface area contributed by atoms with Crippen LogP contribution in [0.2, 0.25) is 0 Å². The minimum absolute atomic E-state index is 0.0368. The van der Waals surface area contributed by atoms with Crippen LogP contribution in [-0.4, -0.2) is 27.9 Å². The molecule has 0 fully saturated rings. The molecule has 0 saturated heterocycles. The normalized spacial score (nSPS) is 11.2. The first-order chi connectivity index (χ1) is 9.06. The fraction of sp³-hybridized carbons (Fsp3) is 0.214. The third-order valence-corrected chi connectivity index (χ3v) is 2.24. The number of carbonyl (C=O) groups is 1. The Bertz CT molecular complexity index is 480. The van der Waals surface area contributed by atoms with Crippen molar-refractivity contribution in [3.05, 3.63) is 42.0 Å². The Labute approximate surface area is 111 Å². The molecular formula is C14H16O5. The monoisotopic (exact) mass is 264 g/mol. The molecule has 0 spiro atoms. The van der Waals surface area contributed by atoms with Gasteiger partial charge in [-0.25, -0.2) is 4.79 Å². The maximum atomic E-state index is 11.6. The first-order valence-electron chi connectivity index (χ1n) is 5.80. The van der Waals surface area contributed by atoms with E-state index in [2.05, 4.69) is 0 Å². The third-order valence-electron chi connectivity index (χ3n) is 2.24. The highest BCUT2D eigenvalue weighted by Gasteiger charge is 2.13. The number of esters is 1. The summed E-state index contributed by atoms with van der Waals surface area (Å²) < 4.78 is 4.89. The minimum Gasteiger partial charge on any atom is -0.504 e. The highest BCUT2D eigenvalue weighted by Crippen LogP contribution is 2.35. The maximum Gasteiger partial charge on any atom is 0.338 e. The minimum atomic E-state index is -0.699. The van der Waals surface area contributed by atoms with Crippen molar-refractivity contribution < 1.29 is 24.9 Å². The predicted octanol–water partition coefficient (Wildman–Crippen LogP) is 2.48. The highest BCUT2D eigenvalue weighted by atomic mass is 16.5. The molecule has 0 aliphatic rings. The first kappa shape index (κ1) is 14.6. The Hall–Kier alpha value is -2.43. The summed E-state index contributed by atoms with van der Waals surface area (Å²) in [5, 5.41) is 27.7. The van der Waals surface area contributed by atoms with Crippen LogP contribution >= 0.6 is 0 Å². The molecule has 0 heterocycles. The summed E-state index contributed by atoms with van der Waals surface area (Å²) in [6.07, 6.45) is 8.13. The topological polar surface area (TPSA) is 87.0 Å². The third kappa shape index (κ3) is 4.39. The second-order valence-corrected chi connectivity index (χ2v) is 3.73. The van der Waals surface area contributed by atoms with Gasteiger partial charge in [0, 0.05) is 0 Å². The summed E-state index contributed by atoms with van der Waals surface area (Å²) in [4.78, 5) is 11.6. The van der Waals surface area contributed by atoms with Gasteiger partial charge in [-0.15, -0.1) is 0 Å². The van der Waals surface area contributed by atoms with Crippen LogP contribution in [0.1, 0.15) is 23.7 Å². The molecule has 0 aliphatic carbocycles. The maximum absolute atomic E-state index is 11.6. The van der Waals surface area contributed by atoms with Crippen LogP contribution in [0.5, 0.6) is 17.2 Å². The summed E-state index contributed by atoms with van der Waals surface area (Å²) in [6.45, 7) is 2.09. The Morgan fingerprint density at radius 1 is 1.16 bits per heavy atom. The van der Waals surface area contributed by atoms with Crippen molar-refractivity contribution in [3.63, 3.8) is 0 Å². The van der Waals surface area contributed by atoms with Crippen LogP contribution in [0.4, 0.5) is 0 Å². The second kappa shape index (κ2) is 7.10. The number of ether oxygens (including phenoxy) is 1. The lowest BCUT2D eigenvalue weighted by Gasteiger charge is -2.05. The molecule has 102 valence electrons. The van der Waals surface area contributed by atoms with Gasteiger partial charge in [0.25, 0.3) is 0 Å². The quantitative estimate of drug-likeness (QED) is 0.432. The molecule has 0 bridgehead atoms. The summed E-state index contributed by atoms with van der Waals surface area (Å²) in [7, 11) is 0. The van der Waals surface area contributed by atoms with Crippen molar-refractivity contribution in [2.45, 2.75) is 13.3 Å². The number of hydrogen-bond acceptors (Lipinski definition) is 5. The molecule has 1 rings (SSSR count). The van der Waals surface area contributed by atoms with E-state index in [-0.39, 0.29) is 12.2 Å². The van der Waals surface area contributed by atoms with Crippen LogP contribution in [0.15, 0.2) is 36.4 Å². The van der Waals surface area contributed by atoms with Crippen LogP contribution in [0.3, 0.4) is 0 Å². The van der Waals surface area contributed by atoms with Crippen LogP contribution < -0.4 is 0 Å². The smallest absolute Gasteiger partial charge is 0.338 e. The van der Waals surface area contributed by atoms with E-state index in [0.29, 0.717) is 0 Å². The molecule has 0 atom stereocenters. The largest absolute Gasteiger partial charge is 0.504 e. The van der Waals surface area contributed by atoms with E-state index in [0.717, 1.165) is 18.6 Å². The zero-order chi connectivity index (χ0) is 14.3. The van der Waals surface area contributed by atoms with Crippen molar-refractivity contribution in [1.29, 1.82) is 0 Å². The van der Waals surface area contributed by atoms with Gasteiger partial charge in [-0.3, -0.25) is 0 Å². The summed E-state index contributed by atoms with van der Waals surface area (Å²) >= 11 is 0. The van der Waals surface area contributed by atoms with Gasteiger partial charge in [-0.1, -0.05) is 25.2 Å². The second-order valence-electron chi connectivity index (χ2n) is 3.73. The lowest BCUT2D eigenvalue weighted by atomic mass is 10.2. The average Bonchev–Trinajstić information content (AvgIpc) is 2.39. The van der Waals surface area contributed by atoms with Gasteiger partial charge in [0.2, 0.25) is 0 Å². The van der Waals surface area contributed by atoms with Gasteiger partial charge in [0.1, 0.15) is 6.61 Å². The fourth-order valence-corrected chi connectivity index (χ4v) is 1.28. The van der Waals surface area contributed by atoms with Gasteiger partial charge in [-0.05, 0) is 24.6 Å². The SMILES string of the molecule is CCC=CC=CCOC(=O)c1cc(O)c(O)c(O)c1. The highest BCUT2D eigenvalue weighted by molar-refractivity contribution is 5.91. The molecule has 0 aromatic heterocycles. The Balaban J connectivity index is 2.59. The standard InChI is InChI=1S/C14H16O5/c1-2-3-4-5-6-7-19-14(18)10-8-11(15)13(17)12(16)9-10/h3-6,8-9,15-17H,2,7H2,1H3. The number of rotatable bonds is 5. The van der Waals surface area contributed by atoms with E-state index in [9.17, 15) is 15.0 Å². The molecule has 0 radical (unpaired) electrons. The zero-order valence-electron chi connectivity index (χ0n) is 10.5. The van der Waals surface area contributed by atoms with Gasteiger partial charge in [0.15, 0.2) is 17.2 Å². The molecule has 19 heavy (non-hydrogen) atoms. The number of hydrogen-bond donors (Lipinski definition) is 3. The average molecular weight is 264 g/mol. The van der Waals surface area contributed by atoms with Crippen molar-refractivity contribution in [1.82, 2.24) is 0 Å². The predicted molar refractivity (Wildman–Crippen MR) is 70.3 cm³/mol. The van der Waals surface area contributed by atoms with E-state index >= 15 is 0 Å². The molecule has 0 amide bonds. The van der Waals surface area contributed by atoms with E-state index in [1.54, 1.807) is 12.2 Å². The molecular weight excluding hydrogens is 248 g/mol. The van der Waals surface area contributed by atoms with Crippen LogP contribution in [0, 0.1) is 0 Å². The van der Waals surface area contributed by atoms with Gasteiger partial charge < -0.3 is 20.1 Å². The summed E-state index contributed by atoms with van der Waals surface area (Å²) in [5.41, 5.74) is -0.0368. The Morgan fingerprint density at radius 2 is 1.74 bits per heavy atom. The van der Waals surface area contributed by atoms with E-state index in [1.165, 1.54) is 0 Å². The van der Waals surface area contributed by atoms with E-state index < -0.39 is 23.2 Å². The van der Waals surface area contributed by atoms with Crippen molar-refractivity contribution in [3.8, 4) is 17.2 Å². The number of phenolic OH excluding ortho intramolecular Hbond substituents is 3. The first-order valence-corrected chi connectivity index (χ1v) is 5.80. The number of carbonyl (C=O) groups excluding carboxylic acids is 1. The molecule has 1 aromatic carbocycles.